The van der Waals surface area contributed by atoms with Crippen LogP contribution in [0, 0.1) is 10.1 Å². The van der Waals surface area contributed by atoms with Crippen molar-refractivity contribution < 1.29 is 27.6 Å². The first-order valence-corrected chi connectivity index (χ1v) is 6.42. The summed E-state index contributed by atoms with van der Waals surface area (Å²) in [6, 6.07) is 8.62. The van der Waals surface area contributed by atoms with Crippen LogP contribution in [-0.2, 0) is 12.8 Å². The van der Waals surface area contributed by atoms with Crippen molar-refractivity contribution in [2.75, 3.05) is 7.11 Å². The van der Waals surface area contributed by atoms with Gasteiger partial charge in [0.25, 0.3) is 0 Å². The van der Waals surface area contributed by atoms with Gasteiger partial charge in [-0.05, 0) is 29.8 Å². The van der Waals surface area contributed by atoms with Crippen molar-refractivity contribution in [2.45, 2.75) is 12.8 Å². The van der Waals surface area contributed by atoms with E-state index in [1.807, 2.05) is 0 Å². The Kier molecular flexibility index (Phi) is 4.73. The molecule has 0 spiro atoms. The van der Waals surface area contributed by atoms with E-state index in [0.29, 0.717) is 5.56 Å². The zero-order chi connectivity index (χ0) is 17.0. The fourth-order valence-electron chi connectivity index (χ4n) is 1.90. The molecule has 0 saturated heterocycles. The number of nitrogens with zero attached hydrogens (tertiary/aromatic N) is 1. The summed E-state index contributed by atoms with van der Waals surface area (Å²) in [5, 5.41) is 10.9. The monoisotopic (exact) mass is 327 g/mol. The van der Waals surface area contributed by atoms with Crippen LogP contribution < -0.4 is 9.47 Å². The van der Waals surface area contributed by atoms with Crippen molar-refractivity contribution in [3.63, 3.8) is 0 Å². The standard InChI is InChI=1S/C15H12F3NO4/c1-22-14-6-5-10(7-13(14)19(20)21)9-23-12-4-2-3-11(8-12)15(16,17)18/h2-8H,9H2,1H3. The highest BCUT2D eigenvalue weighted by atomic mass is 19.4. The van der Waals surface area contributed by atoms with Gasteiger partial charge in [0, 0.05) is 6.07 Å². The normalized spacial score (nSPS) is 11.1. The van der Waals surface area contributed by atoms with Gasteiger partial charge in [-0.25, -0.2) is 0 Å². The van der Waals surface area contributed by atoms with Crippen molar-refractivity contribution in [1.29, 1.82) is 0 Å². The minimum atomic E-state index is -4.46. The van der Waals surface area contributed by atoms with Crippen LogP contribution >= 0.6 is 0 Å². The summed E-state index contributed by atoms with van der Waals surface area (Å²) in [6.07, 6.45) is -4.46. The minimum Gasteiger partial charge on any atom is -0.490 e. The molecule has 0 amide bonds. The Labute approximate surface area is 129 Å². The summed E-state index contributed by atoms with van der Waals surface area (Å²) in [6.45, 7) is -0.105. The van der Waals surface area contributed by atoms with E-state index in [4.69, 9.17) is 9.47 Å². The molecule has 122 valence electrons. The molecule has 0 aliphatic carbocycles. The zero-order valence-corrected chi connectivity index (χ0v) is 12.0. The second kappa shape index (κ2) is 6.55. The molecule has 0 aliphatic heterocycles. The van der Waals surface area contributed by atoms with Gasteiger partial charge < -0.3 is 9.47 Å². The predicted octanol–water partition coefficient (Wildman–Crippen LogP) is 4.20. The molecule has 0 aliphatic rings. The number of hydrogen-bond acceptors (Lipinski definition) is 4. The topological polar surface area (TPSA) is 61.6 Å². The highest BCUT2D eigenvalue weighted by molar-refractivity contribution is 5.48. The van der Waals surface area contributed by atoms with Crippen LogP contribution in [0.4, 0.5) is 18.9 Å². The molecule has 0 atom stereocenters. The molecule has 0 unspecified atom stereocenters. The van der Waals surface area contributed by atoms with Crippen molar-refractivity contribution in [1.82, 2.24) is 0 Å². The Bertz CT molecular complexity index is 716. The predicted molar refractivity (Wildman–Crippen MR) is 75.4 cm³/mol. The number of halogens is 3. The molecule has 0 heterocycles. The molecule has 0 saturated carbocycles. The third-order valence-electron chi connectivity index (χ3n) is 3.01. The number of alkyl halides is 3. The van der Waals surface area contributed by atoms with E-state index in [-0.39, 0.29) is 23.8 Å². The Morgan fingerprint density at radius 3 is 2.52 bits per heavy atom. The molecule has 5 nitrogen and oxygen atoms in total. The Morgan fingerprint density at radius 1 is 1.17 bits per heavy atom. The highest BCUT2D eigenvalue weighted by Gasteiger charge is 2.30. The SMILES string of the molecule is COc1ccc(COc2cccc(C(F)(F)F)c2)cc1[N+](=O)[O-]. The maximum absolute atomic E-state index is 12.6. The van der Waals surface area contributed by atoms with E-state index in [2.05, 4.69) is 0 Å². The van der Waals surface area contributed by atoms with E-state index >= 15 is 0 Å². The summed E-state index contributed by atoms with van der Waals surface area (Å²) >= 11 is 0. The molecule has 0 N–H and O–H groups in total. The number of ether oxygens (including phenoxy) is 2. The number of benzene rings is 2. The molecule has 0 fully saturated rings. The molecule has 0 aromatic heterocycles. The Hall–Kier alpha value is -2.77. The number of methoxy groups -OCH3 is 1. The summed E-state index contributed by atoms with van der Waals surface area (Å²) in [5.74, 6) is 0.121. The quantitative estimate of drug-likeness (QED) is 0.610. The summed E-state index contributed by atoms with van der Waals surface area (Å²) in [7, 11) is 1.31. The molecule has 23 heavy (non-hydrogen) atoms. The lowest BCUT2D eigenvalue weighted by molar-refractivity contribution is -0.385. The molecule has 0 radical (unpaired) electrons. The first-order valence-electron chi connectivity index (χ1n) is 6.42. The maximum Gasteiger partial charge on any atom is 0.416 e. The average molecular weight is 327 g/mol. The largest absolute Gasteiger partial charge is 0.490 e. The van der Waals surface area contributed by atoms with E-state index < -0.39 is 16.7 Å². The van der Waals surface area contributed by atoms with Gasteiger partial charge in [0.2, 0.25) is 0 Å². The second-order valence-electron chi connectivity index (χ2n) is 4.58. The van der Waals surface area contributed by atoms with Gasteiger partial charge in [-0.2, -0.15) is 13.2 Å². The van der Waals surface area contributed by atoms with Crippen LogP contribution in [-0.4, -0.2) is 12.0 Å². The van der Waals surface area contributed by atoms with Gasteiger partial charge in [-0.1, -0.05) is 12.1 Å². The summed E-state index contributed by atoms with van der Waals surface area (Å²) in [4.78, 5) is 10.3. The molecular formula is C15H12F3NO4. The average Bonchev–Trinajstić information content (AvgIpc) is 2.52. The maximum atomic E-state index is 12.6. The van der Waals surface area contributed by atoms with Gasteiger partial charge in [0.15, 0.2) is 5.75 Å². The first kappa shape index (κ1) is 16.6. The van der Waals surface area contributed by atoms with Crippen molar-refractivity contribution in [2.24, 2.45) is 0 Å². The van der Waals surface area contributed by atoms with E-state index in [0.717, 1.165) is 12.1 Å². The van der Waals surface area contributed by atoms with Crippen LogP contribution in [0.2, 0.25) is 0 Å². The van der Waals surface area contributed by atoms with Crippen molar-refractivity contribution in [3.8, 4) is 11.5 Å². The van der Waals surface area contributed by atoms with E-state index in [1.54, 1.807) is 6.07 Å². The van der Waals surface area contributed by atoms with E-state index in [9.17, 15) is 23.3 Å². The van der Waals surface area contributed by atoms with Gasteiger partial charge in [-0.3, -0.25) is 10.1 Å². The van der Waals surface area contributed by atoms with Crippen LogP contribution in [0.5, 0.6) is 11.5 Å². The highest BCUT2D eigenvalue weighted by Crippen LogP contribution is 2.32. The van der Waals surface area contributed by atoms with Crippen molar-refractivity contribution >= 4 is 5.69 Å². The van der Waals surface area contributed by atoms with Crippen LogP contribution in [0.25, 0.3) is 0 Å². The summed E-state index contributed by atoms with van der Waals surface area (Å²) in [5.41, 5.74) is -0.622. The van der Waals surface area contributed by atoms with Gasteiger partial charge in [0.1, 0.15) is 12.4 Å². The van der Waals surface area contributed by atoms with Crippen LogP contribution in [0.3, 0.4) is 0 Å². The van der Waals surface area contributed by atoms with Gasteiger partial charge >= 0.3 is 11.9 Å². The molecule has 0 bridgehead atoms. The third-order valence-corrected chi connectivity index (χ3v) is 3.01. The second-order valence-corrected chi connectivity index (χ2v) is 4.58. The fourth-order valence-corrected chi connectivity index (χ4v) is 1.90. The molecule has 8 heteroatoms. The number of nitro benzene ring substituents is 1. The molecule has 2 aromatic rings. The van der Waals surface area contributed by atoms with Crippen LogP contribution in [0.15, 0.2) is 42.5 Å². The fraction of sp³-hybridized carbons (Fsp3) is 0.200. The van der Waals surface area contributed by atoms with Gasteiger partial charge in [-0.15, -0.1) is 0 Å². The lowest BCUT2D eigenvalue weighted by atomic mass is 10.2. The zero-order valence-electron chi connectivity index (χ0n) is 12.0. The number of hydrogen-bond donors (Lipinski definition) is 0. The summed E-state index contributed by atoms with van der Waals surface area (Å²) < 4.78 is 48.0. The Balaban J connectivity index is 2.15. The Morgan fingerprint density at radius 2 is 1.91 bits per heavy atom. The molecule has 2 rings (SSSR count). The van der Waals surface area contributed by atoms with Gasteiger partial charge in [0.05, 0.1) is 17.6 Å². The number of nitro groups is 1. The van der Waals surface area contributed by atoms with Crippen LogP contribution in [0.1, 0.15) is 11.1 Å². The molecule has 2 aromatic carbocycles. The first-order chi connectivity index (χ1) is 10.8. The lowest BCUT2D eigenvalue weighted by Gasteiger charge is -2.10. The minimum absolute atomic E-state index is 0.0262. The smallest absolute Gasteiger partial charge is 0.416 e. The van der Waals surface area contributed by atoms with E-state index in [1.165, 1.54) is 31.4 Å². The molecular weight excluding hydrogens is 315 g/mol. The van der Waals surface area contributed by atoms with Crippen molar-refractivity contribution in [3.05, 3.63) is 63.7 Å². The number of rotatable bonds is 5. The lowest BCUT2D eigenvalue weighted by Crippen LogP contribution is -2.05. The third kappa shape index (κ3) is 4.12.